The molecule has 1 saturated heterocycles. The van der Waals surface area contributed by atoms with E-state index in [1.54, 1.807) is 16.6 Å². The number of carbonyl (C=O) groups excluding carboxylic acids is 1. The topological polar surface area (TPSA) is 71.8 Å². The molecule has 0 unspecified atom stereocenters. The van der Waals surface area contributed by atoms with Crippen LogP contribution in [0.25, 0.3) is 5.65 Å². The van der Waals surface area contributed by atoms with E-state index in [-0.39, 0.29) is 24.2 Å². The fraction of sp³-hybridized carbons (Fsp3) is 0.409. The Labute approximate surface area is 173 Å². The van der Waals surface area contributed by atoms with Gasteiger partial charge in [-0.2, -0.15) is 5.10 Å². The Hall–Kier alpha value is -3.16. The van der Waals surface area contributed by atoms with Crippen LogP contribution in [0.4, 0.5) is 10.2 Å². The van der Waals surface area contributed by atoms with Crippen LogP contribution >= 0.6 is 0 Å². The lowest BCUT2D eigenvalue weighted by atomic mass is 9.77. The maximum atomic E-state index is 14.4. The minimum Gasteiger partial charge on any atom is -0.491 e. The minimum atomic E-state index is -0.464. The Balaban J connectivity index is 1.77. The van der Waals surface area contributed by atoms with Crippen molar-refractivity contribution in [2.75, 3.05) is 24.6 Å². The second-order valence-electron chi connectivity index (χ2n) is 7.98. The lowest BCUT2D eigenvalue weighted by Gasteiger charge is -2.43. The zero-order valence-corrected chi connectivity index (χ0v) is 17.1. The van der Waals surface area contributed by atoms with E-state index in [1.807, 2.05) is 12.3 Å². The average molecular weight is 409 g/mol. The van der Waals surface area contributed by atoms with Crippen LogP contribution in [-0.4, -0.2) is 40.2 Å². The van der Waals surface area contributed by atoms with Gasteiger partial charge in [-0.3, -0.25) is 4.79 Å². The van der Waals surface area contributed by atoms with Crippen molar-refractivity contribution in [1.82, 2.24) is 19.9 Å². The Bertz CT molecular complexity index is 1130. The molecule has 156 valence electrons. The van der Waals surface area contributed by atoms with Gasteiger partial charge in [-0.1, -0.05) is 13.8 Å². The van der Waals surface area contributed by atoms with Crippen LogP contribution in [0.3, 0.4) is 0 Å². The van der Waals surface area contributed by atoms with Gasteiger partial charge in [-0.05, 0) is 43.0 Å². The fourth-order valence-corrected chi connectivity index (χ4v) is 5.04. The highest BCUT2D eigenvalue weighted by molar-refractivity contribution is 5.99. The van der Waals surface area contributed by atoms with E-state index in [4.69, 9.17) is 9.72 Å². The standard InChI is InChI=1S/C22H24FN5O2/c1-3-22-14(2)6-9-27(22)19-7-10-28-20(26-19)16(13-25-28)21(29)24-8-11-30-18-5-4-15(23)12-17(18)22/h4-5,7,10,12-14H,3,6,8-9,11H2,1-2H3,(H,24,29)/t14-,22-/m1/s1. The molecule has 2 aliphatic heterocycles. The molecule has 2 aromatic heterocycles. The molecule has 2 aliphatic rings. The number of rotatable bonds is 1. The van der Waals surface area contributed by atoms with Crippen LogP contribution < -0.4 is 15.0 Å². The first kappa shape index (κ1) is 18.8. The van der Waals surface area contributed by atoms with Crippen molar-refractivity contribution in [3.8, 4) is 5.75 Å². The number of benzene rings is 1. The summed E-state index contributed by atoms with van der Waals surface area (Å²) >= 11 is 0. The van der Waals surface area contributed by atoms with Gasteiger partial charge in [0.05, 0.1) is 18.3 Å². The van der Waals surface area contributed by atoms with Gasteiger partial charge < -0.3 is 15.0 Å². The number of anilines is 1. The summed E-state index contributed by atoms with van der Waals surface area (Å²) in [6.07, 6.45) is 5.07. The predicted octanol–water partition coefficient (Wildman–Crippen LogP) is 3.14. The molecule has 4 heterocycles. The number of hydrogen-bond acceptors (Lipinski definition) is 5. The monoisotopic (exact) mass is 409 g/mol. The SMILES string of the molecule is CC[C@@]12c3cc(F)ccc3OCCNC(=O)c3cnn4ccc(nc34)N1CC[C@H]2C. The zero-order valence-electron chi connectivity index (χ0n) is 17.1. The predicted molar refractivity (Wildman–Crippen MR) is 110 cm³/mol. The minimum absolute atomic E-state index is 0.242. The number of hydrogen-bond donors (Lipinski definition) is 1. The molecule has 1 N–H and O–H groups in total. The maximum absolute atomic E-state index is 14.4. The van der Waals surface area contributed by atoms with Crippen molar-refractivity contribution in [1.29, 1.82) is 0 Å². The van der Waals surface area contributed by atoms with Crippen LogP contribution in [0.2, 0.25) is 0 Å². The van der Waals surface area contributed by atoms with Gasteiger partial charge in [0.1, 0.15) is 29.6 Å². The molecule has 3 aromatic rings. The number of nitrogens with zero attached hydrogens (tertiary/aromatic N) is 4. The summed E-state index contributed by atoms with van der Waals surface area (Å²) in [4.78, 5) is 19.7. The van der Waals surface area contributed by atoms with Crippen LogP contribution in [0, 0.1) is 11.7 Å². The lowest BCUT2D eigenvalue weighted by Crippen LogP contribution is -2.45. The molecule has 0 radical (unpaired) electrons. The van der Waals surface area contributed by atoms with E-state index in [1.165, 1.54) is 12.3 Å². The largest absolute Gasteiger partial charge is 0.491 e. The summed E-state index contributed by atoms with van der Waals surface area (Å²) in [5, 5.41) is 7.12. The number of ether oxygens (including phenoxy) is 1. The van der Waals surface area contributed by atoms with E-state index in [9.17, 15) is 9.18 Å². The van der Waals surface area contributed by atoms with E-state index in [0.29, 0.717) is 23.5 Å². The molecule has 1 amide bonds. The first-order valence-corrected chi connectivity index (χ1v) is 10.4. The molecule has 2 atom stereocenters. The van der Waals surface area contributed by atoms with Gasteiger partial charge in [0, 0.05) is 18.3 Å². The number of carbonyl (C=O) groups is 1. The van der Waals surface area contributed by atoms with Crippen molar-refractivity contribution in [2.24, 2.45) is 5.92 Å². The molecule has 8 heteroatoms. The number of amides is 1. The highest BCUT2D eigenvalue weighted by Crippen LogP contribution is 2.50. The molecule has 0 aliphatic carbocycles. The van der Waals surface area contributed by atoms with E-state index in [2.05, 4.69) is 29.2 Å². The van der Waals surface area contributed by atoms with Crippen molar-refractivity contribution in [3.05, 3.63) is 53.6 Å². The molecule has 1 fully saturated rings. The summed E-state index contributed by atoms with van der Waals surface area (Å²) in [7, 11) is 0. The maximum Gasteiger partial charge on any atom is 0.256 e. The number of halogens is 1. The van der Waals surface area contributed by atoms with E-state index < -0.39 is 5.54 Å². The molecule has 0 saturated carbocycles. The third kappa shape index (κ3) is 2.66. The Morgan fingerprint density at radius 1 is 1.37 bits per heavy atom. The molecular weight excluding hydrogens is 385 g/mol. The Morgan fingerprint density at radius 2 is 2.23 bits per heavy atom. The first-order valence-electron chi connectivity index (χ1n) is 10.4. The van der Waals surface area contributed by atoms with Crippen LogP contribution in [-0.2, 0) is 5.54 Å². The summed E-state index contributed by atoms with van der Waals surface area (Å²) in [6, 6.07) is 6.61. The second kappa shape index (κ2) is 6.97. The van der Waals surface area contributed by atoms with Gasteiger partial charge in [0.25, 0.3) is 5.91 Å². The first-order chi connectivity index (χ1) is 14.5. The third-order valence-electron chi connectivity index (χ3n) is 6.55. The summed E-state index contributed by atoms with van der Waals surface area (Å²) in [5.74, 6) is 1.13. The van der Waals surface area contributed by atoms with Crippen LogP contribution in [0.1, 0.15) is 42.6 Å². The molecule has 30 heavy (non-hydrogen) atoms. The van der Waals surface area contributed by atoms with Crippen molar-refractivity contribution >= 4 is 17.4 Å². The van der Waals surface area contributed by atoms with Crippen LogP contribution in [0.15, 0.2) is 36.7 Å². The highest BCUT2D eigenvalue weighted by Gasteiger charge is 2.49. The molecule has 1 aromatic carbocycles. The molecule has 7 nitrogen and oxygen atoms in total. The number of aromatic nitrogens is 3. The average Bonchev–Trinajstić information content (AvgIpc) is 3.32. The van der Waals surface area contributed by atoms with Gasteiger partial charge in [0.2, 0.25) is 0 Å². The lowest BCUT2D eigenvalue weighted by molar-refractivity contribution is 0.0948. The van der Waals surface area contributed by atoms with Gasteiger partial charge in [0.15, 0.2) is 5.65 Å². The molecular formula is C22H24FN5O2. The fourth-order valence-electron chi connectivity index (χ4n) is 5.04. The van der Waals surface area contributed by atoms with Gasteiger partial charge in [-0.25, -0.2) is 13.9 Å². The van der Waals surface area contributed by atoms with E-state index in [0.717, 1.165) is 30.8 Å². The molecule has 5 rings (SSSR count). The Kier molecular flexibility index (Phi) is 4.38. The number of nitrogens with one attached hydrogen (secondary N) is 1. The number of fused-ring (bicyclic) bond motifs is 5. The van der Waals surface area contributed by atoms with E-state index >= 15 is 0 Å². The normalized spacial score (nSPS) is 23.8. The second-order valence-corrected chi connectivity index (χ2v) is 7.98. The Morgan fingerprint density at radius 3 is 3.07 bits per heavy atom. The smallest absolute Gasteiger partial charge is 0.256 e. The molecule has 2 bridgehead atoms. The summed E-state index contributed by atoms with van der Waals surface area (Å²) in [5.41, 5.74) is 1.30. The van der Waals surface area contributed by atoms with Crippen LogP contribution in [0.5, 0.6) is 5.75 Å². The zero-order chi connectivity index (χ0) is 20.9. The third-order valence-corrected chi connectivity index (χ3v) is 6.55. The van der Waals surface area contributed by atoms with Gasteiger partial charge in [-0.15, -0.1) is 0 Å². The summed E-state index contributed by atoms with van der Waals surface area (Å²) in [6.45, 7) is 5.71. The highest BCUT2D eigenvalue weighted by atomic mass is 19.1. The quantitative estimate of drug-likeness (QED) is 0.669. The van der Waals surface area contributed by atoms with Crippen molar-refractivity contribution < 1.29 is 13.9 Å². The van der Waals surface area contributed by atoms with Crippen molar-refractivity contribution in [2.45, 2.75) is 32.2 Å². The van der Waals surface area contributed by atoms with Gasteiger partial charge >= 0.3 is 0 Å². The summed E-state index contributed by atoms with van der Waals surface area (Å²) < 4.78 is 22.1. The molecule has 0 spiro atoms. The van der Waals surface area contributed by atoms with Crippen molar-refractivity contribution in [3.63, 3.8) is 0 Å².